The van der Waals surface area contributed by atoms with Gasteiger partial charge < -0.3 is 15.4 Å². The van der Waals surface area contributed by atoms with Gasteiger partial charge in [-0.25, -0.2) is 4.39 Å². The van der Waals surface area contributed by atoms with Crippen LogP contribution in [0, 0.1) is 5.82 Å². The summed E-state index contributed by atoms with van der Waals surface area (Å²) >= 11 is 6.27. The Bertz CT molecular complexity index is 547. The quantitative estimate of drug-likeness (QED) is 0.672. The van der Waals surface area contributed by atoms with Gasteiger partial charge in [-0.1, -0.05) is 17.7 Å². The van der Waals surface area contributed by atoms with E-state index in [-0.39, 0.29) is 18.0 Å². The fourth-order valence-corrected chi connectivity index (χ4v) is 2.96. The second kappa shape index (κ2) is 7.95. The molecular weight excluding hydrogens is 319 g/mol. The third-order valence-electron chi connectivity index (χ3n) is 3.93. The van der Waals surface area contributed by atoms with Crippen LogP contribution < -0.4 is 5.73 Å². The molecule has 0 saturated carbocycles. The normalized spacial score (nSPS) is 21.3. The van der Waals surface area contributed by atoms with Gasteiger partial charge in [0.25, 0.3) is 0 Å². The van der Waals surface area contributed by atoms with Gasteiger partial charge in [-0.3, -0.25) is 9.89 Å². The van der Waals surface area contributed by atoms with Crippen molar-refractivity contribution in [3.8, 4) is 0 Å². The molecule has 1 heterocycles. The third kappa shape index (κ3) is 4.56. The summed E-state index contributed by atoms with van der Waals surface area (Å²) in [6.45, 7) is 4.36. The molecule has 23 heavy (non-hydrogen) atoms. The summed E-state index contributed by atoms with van der Waals surface area (Å²) < 4.78 is 20.0. The maximum absolute atomic E-state index is 14.4. The number of morpholine rings is 1. The lowest BCUT2D eigenvalue weighted by Gasteiger charge is -2.37. The van der Waals surface area contributed by atoms with Crippen LogP contribution in [0.4, 0.5) is 4.39 Å². The number of aliphatic imine (C=N–C) groups is 1. The third-order valence-corrected chi connectivity index (χ3v) is 4.26. The summed E-state index contributed by atoms with van der Waals surface area (Å²) in [5.41, 5.74) is 6.35. The number of benzene rings is 1. The number of rotatable bonds is 4. The first-order chi connectivity index (χ1) is 10.9. The van der Waals surface area contributed by atoms with Gasteiger partial charge in [-0.05, 0) is 19.1 Å². The molecule has 2 N–H and O–H groups in total. The maximum Gasteiger partial charge on any atom is 0.190 e. The second-order valence-corrected chi connectivity index (χ2v) is 6.33. The summed E-state index contributed by atoms with van der Waals surface area (Å²) in [5.74, 6) is 0.0871. The Morgan fingerprint density at radius 3 is 2.91 bits per heavy atom. The number of hydrogen-bond acceptors (Lipinski definition) is 3. The van der Waals surface area contributed by atoms with Crippen molar-refractivity contribution < 1.29 is 9.13 Å². The molecule has 1 saturated heterocycles. The molecule has 2 atom stereocenters. The Morgan fingerprint density at radius 1 is 1.57 bits per heavy atom. The molecule has 7 heteroatoms. The van der Waals surface area contributed by atoms with E-state index in [1.807, 2.05) is 21.0 Å². The number of guanidine groups is 1. The molecule has 0 spiro atoms. The van der Waals surface area contributed by atoms with Crippen molar-refractivity contribution >= 4 is 17.6 Å². The highest BCUT2D eigenvalue weighted by atomic mass is 35.5. The van der Waals surface area contributed by atoms with Crippen LogP contribution in [0.1, 0.15) is 18.5 Å². The molecule has 0 aromatic heterocycles. The molecular formula is C16H24ClFN4O. The fraction of sp³-hybridized carbons (Fsp3) is 0.562. The zero-order chi connectivity index (χ0) is 17.0. The highest BCUT2D eigenvalue weighted by molar-refractivity contribution is 6.31. The minimum atomic E-state index is -0.319. The van der Waals surface area contributed by atoms with Gasteiger partial charge in [0.2, 0.25) is 0 Å². The van der Waals surface area contributed by atoms with Crippen LogP contribution in [0.25, 0.3) is 0 Å². The first-order valence-corrected chi connectivity index (χ1v) is 8.04. The number of halogens is 2. The monoisotopic (exact) mass is 342 g/mol. The van der Waals surface area contributed by atoms with Crippen molar-refractivity contribution in [2.75, 3.05) is 40.3 Å². The van der Waals surface area contributed by atoms with E-state index in [2.05, 4.69) is 9.89 Å². The van der Waals surface area contributed by atoms with Crippen molar-refractivity contribution in [2.24, 2.45) is 10.7 Å². The second-order valence-electron chi connectivity index (χ2n) is 5.92. The SMILES string of the molecule is C[C@H]1CN([C@@H](CN=C(N)N(C)C)c2c(F)cccc2Cl)CCO1. The largest absolute Gasteiger partial charge is 0.376 e. The van der Waals surface area contributed by atoms with E-state index < -0.39 is 0 Å². The molecule has 1 aliphatic rings. The van der Waals surface area contributed by atoms with Gasteiger partial charge >= 0.3 is 0 Å². The number of hydrogen-bond donors (Lipinski definition) is 1. The molecule has 1 aliphatic heterocycles. The molecule has 2 rings (SSSR count). The van der Waals surface area contributed by atoms with Gasteiger partial charge in [-0.2, -0.15) is 0 Å². The first-order valence-electron chi connectivity index (χ1n) is 7.67. The summed E-state index contributed by atoms with van der Waals surface area (Å²) in [4.78, 5) is 8.28. The van der Waals surface area contributed by atoms with E-state index in [9.17, 15) is 4.39 Å². The molecule has 1 aromatic carbocycles. The standard InChI is InChI=1S/C16H24ClFN4O/c1-11-10-22(7-8-23-11)14(9-20-16(19)21(2)3)15-12(17)5-4-6-13(15)18/h4-6,11,14H,7-10H2,1-3H3,(H2,19,20)/t11-,14-/m0/s1. The first kappa shape index (κ1) is 18.0. The summed E-state index contributed by atoms with van der Waals surface area (Å²) in [7, 11) is 3.64. The van der Waals surface area contributed by atoms with Crippen molar-refractivity contribution in [1.29, 1.82) is 0 Å². The summed E-state index contributed by atoms with van der Waals surface area (Å²) in [5, 5.41) is 0.410. The topological polar surface area (TPSA) is 54.1 Å². The highest BCUT2D eigenvalue weighted by Crippen LogP contribution is 2.31. The lowest BCUT2D eigenvalue weighted by molar-refractivity contribution is -0.0336. The molecule has 0 unspecified atom stereocenters. The molecule has 128 valence electrons. The van der Waals surface area contributed by atoms with Gasteiger partial charge in [0.15, 0.2) is 5.96 Å². The van der Waals surface area contributed by atoms with Crippen LogP contribution in [0.3, 0.4) is 0 Å². The van der Waals surface area contributed by atoms with Gasteiger partial charge in [-0.15, -0.1) is 0 Å². The Morgan fingerprint density at radius 2 is 2.30 bits per heavy atom. The lowest BCUT2D eigenvalue weighted by Crippen LogP contribution is -2.44. The van der Waals surface area contributed by atoms with Crippen LogP contribution in [0.5, 0.6) is 0 Å². The highest BCUT2D eigenvalue weighted by Gasteiger charge is 2.29. The number of nitrogens with two attached hydrogens (primary N) is 1. The minimum absolute atomic E-state index is 0.0898. The predicted molar refractivity (Wildman–Crippen MR) is 91.3 cm³/mol. The van der Waals surface area contributed by atoms with Crippen LogP contribution >= 0.6 is 11.6 Å². The van der Waals surface area contributed by atoms with Gasteiger partial charge in [0.05, 0.1) is 25.3 Å². The molecule has 0 radical (unpaired) electrons. The van der Waals surface area contributed by atoms with Crippen LogP contribution in [0.15, 0.2) is 23.2 Å². The molecule has 1 aromatic rings. The van der Waals surface area contributed by atoms with Crippen LogP contribution in [-0.2, 0) is 4.74 Å². The summed E-state index contributed by atoms with van der Waals surface area (Å²) in [6.07, 6.45) is 0.0898. The number of ether oxygens (including phenoxy) is 1. The Kier molecular flexibility index (Phi) is 6.21. The Balaban J connectivity index is 2.33. The number of nitrogens with zero attached hydrogens (tertiary/aromatic N) is 3. The van der Waals surface area contributed by atoms with E-state index in [1.54, 1.807) is 17.0 Å². The van der Waals surface area contributed by atoms with Gasteiger partial charge in [0, 0.05) is 37.8 Å². The minimum Gasteiger partial charge on any atom is -0.376 e. The van der Waals surface area contributed by atoms with Crippen LogP contribution in [0.2, 0.25) is 5.02 Å². The maximum atomic E-state index is 14.4. The summed E-state index contributed by atoms with van der Waals surface area (Å²) in [6, 6.07) is 4.47. The average molecular weight is 343 g/mol. The van der Waals surface area contributed by atoms with Crippen molar-refractivity contribution in [1.82, 2.24) is 9.80 Å². The molecule has 0 amide bonds. The van der Waals surface area contributed by atoms with Crippen molar-refractivity contribution in [3.05, 3.63) is 34.6 Å². The Hall–Kier alpha value is -1.37. The van der Waals surface area contributed by atoms with E-state index in [0.29, 0.717) is 42.8 Å². The van der Waals surface area contributed by atoms with E-state index in [4.69, 9.17) is 22.1 Å². The lowest BCUT2D eigenvalue weighted by atomic mass is 10.0. The molecule has 5 nitrogen and oxygen atoms in total. The zero-order valence-corrected chi connectivity index (χ0v) is 14.6. The molecule has 0 bridgehead atoms. The Labute approximate surface area is 141 Å². The molecule has 0 aliphatic carbocycles. The molecule has 1 fully saturated rings. The predicted octanol–water partition coefficient (Wildman–Crippen LogP) is 2.12. The van der Waals surface area contributed by atoms with Crippen molar-refractivity contribution in [3.63, 3.8) is 0 Å². The smallest absolute Gasteiger partial charge is 0.190 e. The van der Waals surface area contributed by atoms with Crippen molar-refractivity contribution in [2.45, 2.75) is 19.1 Å². The van der Waals surface area contributed by atoms with E-state index in [0.717, 1.165) is 0 Å². The van der Waals surface area contributed by atoms with Crippen LogP contribution in [-0.4, -0.2) is 62.2 Å². The average Bonchev–Trinajstić information content (AvgIpc) is 2.49. The van der Waals surface area contributed by atoms with E-state index >= 15 is 0 Å². The fourth-order valence-electron chi connectivity index (χ4n) is 2.67. The van der Waals surface area contributed by atoms with Gasteiger partial charge in [0.1, 0.15) is 5.82 Å². The zero-order valence-electron chi connectivity index (χ0n) is 13.8. The van der Waals surface area contributed by atoms with E-state index in [1.165, 1.54) is 6.07 Å².